The van der Waals surface area contributed by atoms with Crippen molar-refractivity contribution in [1.29, 1.82) is 0 Å². The van der Waals surface area contributed by atoms with Crippen LogP contribution >= 0.6 is 0 Å². The van der Waals surface area contributed by atoms with Gasteiger partial charge in [0.15, 0.2) is 11.5 Å². The van der Waals surface area contributed by atoms with Crippen molar-refractivity contribution in [1.82, 2.24) is 9.88 Å². The van der Waals surface area contributed by atoms with Gasteiger partial charge in [0, 0.05) is 32.4 Å². The molecule has 0 bridgehead atoms. The minimum Gasteiger partial charge on any atom is -0.493 e. The Hall–Kier alpha value is -3.29. The first-order valence-corrected chi connectivity index (χ1v) is 9.92. The third kappa shape index (κ3) is 5.00. The van der Waals surface area contributed by atoms with Crippen LogP contribution in [-0.2, 0) is 16.0 Å². The Morgan fingerprint density at radius 2 is 1.73 bits per heavy atom. The van der Waals surface area contributed by atoms with Gasteiger partial charge >= 0.3 is 5.97 Å². The van der Waals surface area contributed by atoms with E-state index in [2.05, 4.69) is 9.88 Å². The molecule has 0 radical (unpaired) electrons. The summed E-state index contributed by atoms with van der Waals surface area (Å²) in [6.07, 6.45) is 1.84. The molecule has 2 aromatic rings. The molecule has 1 aliphatic heterocycles. The molecule has 0 aliphatic carbocycles. The molecule has 0 N–H and O–H groups in total. The summed E-state index contributed by atoms with van der Waals surface area (Å²) in [6, 6.07) is 9.06. The minimum absolute atomic E-state index is 0.0764. The molecule has 3 rings (SSSR count). The molecule has 1 fully saturated rings. The van der Waals surface area contributed by atoms with Crippen LogP contribution in [0.2, 0.25) is 0 Å². The second-order valence-corrected chi connectivity index (χ2v) is 6.86. The maximum absolute atomic E-state index is 12.7. The van der Waals surface area contributed by atoms with Gasteiger partial charge in [-0.3, -0.25) is 4.79 Å². The molecular weight excluding hydrogens is 386 g/mol. The van der Waals surface area contributed by atoms with Crippen LogP contribution in [-0.4, -0.2) is 68.8 Å². The lowest BCUT2D eigenvalue weighted by molar-refractivity contribution is -0.130. The zero-order valence-corrected chi connectivity index (χ0v) is 17.6. The first-order valence-electron chi connectivity index (χ1n) is 9.92. The molecule has 2 heterocycles. The van der Waals surface area contributed by atoms with Gasteiger partial charge in [0.2, 0.25) is 5.91 Å². The zero-order valence-electron chi connectivity index (χ0n) is 17.6. The van der Waals surface area contributed by atoms with Gasteiger partial charge in [0.25, 0.3) is 0 Å². The number of piperazine rings is 1. The number of amides is 1. The van der Waals surface area contributed by atoms with E-state index in [0.717, 1.165) is 11.4 Å². The highest BCUT2D eigenvalue weighted by atomic mass is 16.5. The minimum atomic E-state index is -0.373. The van der Waals surface area contributed by atoms with E-state index in [4.69, 9.17) is 14.2 Å². The number of carbonyl (C=O) groups is 2. The first-order chi connectivity index (χ1) is 14.5. The van der Waals surface area contributed by atoms with Crippen LogP contribution in [0.3, 0.4) is 0 Å². The Kier molecular flexibility index (Phi) is 7.11. The standard InChI is InChI=1S/C22H27N3O5/c1-4-30-22(27)17-6-8-20(23-15-17)24-9-11-25(12-10-24)21(26)14-16-5-7-18(28-2)19(13-16)29-3/h5-8,13,15H,4,9-12,14H2,1-3H3. The lowest BCUT2D eigenvalue weighted by Crippen LogP contribution is -2.49. The molecule has 0 spiro atoms. The summed E-state index contributed by atoms with van der Waals surface area (Å²) in [6.45, 7) is 4.71. The molecule has 1 aliphatic rings. The summed E-state index contributed by atoms with van der Waals surface area (Å²) in [7, 11) is 3.16. The quantitative estimate of drug-likeness (QED) is 0.644. The molecule has 30 heavy (non-hydrogen) atoms. The topological polar surface area (TPSA) is 81.2 Å². The van der Waals surface area contributed by atoms with E-state index >= 15 is 0 Å². The van der Waals surface area contributed by atoms with Gasteiger partial charge < -0.3 is 24.0 Å². The highest BCUT2D eigenvalue weighted by Crippen LogP contribution is 2.28. The van der Waals surface area contributed by atoms with Crippen LogP contribution in [0.5, 0.6) is 11.5 Å². The summed E-state index contributed by atoms with van der Waals surface area (Å²) < 4.78 is 15.5. The van der Waals surface area contributed by atoms with Crippen molar-refractivity contribution in [2.45, 2.75) is 13.3 Å². The Balaban J connectivity index is 1.55. The van der Waals surface area contributed by atoms with Crippen LogP contribution in [0.15, 0.2) is 36.5 Å². The van der Waals surface area contributed by atoms with Crippen LogP contribution < -0.4 is 14.4 Å². The third-order valence-corrected chi connectivity index (χ3v) is 5.02. The van der Waals surface area contributed by atoms with E-state index in [0.29, 0.717) is 56.3 Å². The first kappa shape index (κ1) is 21.4. The summed E-state index contributed by atoms with van der Waals surface area (Å²) >= 11 is 0. The van der Waals surface area contributed by atoms with Gasteiger partial charge in [-0.15, -0.1) is 0 Å². The van der Waals surface area contributed by atoms with Crippen molar-refractivity contribution in [2.24, 2.45) is 0 Å². The fourth-order valence-electron chi connectivity index (χ4n) is 3.37. The van der Waals surface area contributed by atoms with E-state index in [1.807, 2.05) is 29.2 Å². The lowest BCUT2D eigenvalue weighted by atomic mass is 10.1. The molecule has 8 nitrogen and oxygen atoms in total. The smallest absolute Gasteiger partial charge is 0.339 e. The lowest BCUT2D eigenvalue weighted by Gasteiger charge is -2.35. The van der Waals surface area contributed by atoms with E-state index in [9.17, 15) is 9.59 Å². The number of aromatic nitrogens is 1. The highest BCUT2D eigenvalue weighted by Gasteiger charge is 2.22. The molecule has 0 atom stereocenters. The van der Waals surface area contributed by atoms with Crippen LogP contribution in [0.25, 0.3) is 0 Å². The fourth-order valence-corrected chi connectivity index (χ4v) is 3.37. The average Bonchev–Trinajstić information content (AvgIpc) is 2.79. The molecule has 0 saturated carbocycles. The summed E-state index contributed by atoms with van der Waals surface area (Å²) in [4.78, 5) is 32.8. The fraction of sp³-hybridized carbons (Fsp3) is 0.409. The van der Waals surface area contributed by atoms with Crippen molar-refractivity contribution in [3.05, 3.63) is 47.7 Å². The molecule has 1 aromatic carbocycles. The Morgan fingerprint density at radius 3 is 2.33 bits per heavy atom. The molecule has 1 aromatic heterocycles. The molecule has 1 amide bonds. The van der Waals surface area contributed by atoms with Gasteiger partial charge in [-0.25, -0.2) is 9.78 Å². The molecule has 160 valence electrons. The van der Waals surface area contributed by atoms with Crippen molar-refractivity contribution in [3.8, 4) is 11.5 Å². The number of pyridine rings is 1. The normalized spacial score (nSPS) is 13.7. The second kappa shape index (κ2) is 9.96. The molecule has 1 saturated heterocycles. The third-order valence-electron chi connectivity index (χ3n) is 5.02. The second-order valence-electron chi connectivity index (χ2n) is 6.86. The Bertz CT molecular complexity index is 877. The summed E-state index contributed by atoms with van der Waals surface area (Å²) in [5, 5.41) is 0. The van der Waals surface area contributed by atoms with Gasteiger partial charge in [0.05, 0.1) is 32.8 Å². The van der Waals surface area contributed by atoms with Crippen molar-refractivity contribution >= 4 is 17.7 Å². The summed E-state index contributed by atoms with van der Waals surface area (Å²) in [5.41, 5.74) is 1.32. The maximum Gasteiger partial charge on any atom is 0.339 e. The van der Waals surface area contributed by atoms with Crippen LogP contribution in [0, 0.1) is 0 Å². The van der Waals surface area contributed by atoms with Gasteiger partial charge in [0.1, 0.15) is 5.82 Å². The molecule has 8 heteroatoms. The van der Waals surface area contributed by atoms with E-state index in [-0.39, 0.29) is 11.9 Å². The van der Waals surface area contributed by atoms with E-state index in [1.54, 1.807) is 27.2 Å². The van der Waals surface area contributed by atoms with Gasteiger partial charge in [-0.2, -0.15) is 0 Å². The molecule has 0 unspecified atom stereocenters. The number of rotatable bonds is 7. The van der Waals surface area contributed by atoms with E-state index in [1.165, 1.54) is 6.20 Å². The van der Waals surface area contributed by atoms with Crippen molar-refractivity contribution in [3.63, 3.8) is 0 Å². The maximum atomic E-state index is 12.7. The largest absolute Gasteiger partial charge is 0.493 e. The number of hydrogen-bond donors (Lipinski definition) is 0. The highest BCUT2D eigenvalue weighted by molar-refractivity contribution is 5.89. The monoisotopic (exact) mass is 413 g/mol. The van der Waals surface area contributed by atoms with E-state index < -0.39 is 0 Å². The number of anilines is 1. The number of hydrogen-bond acceptors (Lipinski definition) is 7. The predicted octanol–water partition coefficient (Wildman–Crippen LogP) is 2.17. The molecular formula is C22H27N3O5. The van der Waals surface area contributed by atoms with Crippen molar-refractivity contribution < 1.29 is 23.8 Å². The SMILES string of the molecule is CCOC(=O)c1ccc(N2CCN(C(=O)Cc3ccc(OC)c(OC)c3)CC2)nc1. The Labute approximate surface area is 176 Å². The van der Waals surface area contributed by atoms with Crippen molar-refractivity contribution in [2.75, 3.05) is 51.9 Å². The van der Waals surface area contributed by atoms with Crippen LogP contribution in [0.4, 0.5) is 5.82 Å². The van der Waals surface area contributed by atoms with Gasteiger partial charge in [-0.1, -0.05) is 6.07 Å². The van der Waals surface area contributed by atoms with Gasteiger partial charge in [-0.05, 0) is 36.8 Å². The number of esters is 1. The zero-order chi connectivity index (χ0) is 21.5. The number of ether oxygens (including phenoxy) is 3. The summed E-state index contributed by atoms with van der Waals surface area (Å²) in [5.74, 6) is 1.75. The number of benzene rings is 1. The predicted molar refractivity (Wildman–Crippen MR) is 112 cm³/mol. The average molecular weight is 413 g/mol. The Morgan fingerprint density at radius 1 is 1.00 bits per heavy atom. The number of nitrogens with zero attached hydrogens (tertiary/aromatic N) is 3. The van der Waals surface area contributed by atoms with Crippen LogP contribution in [0.1, 0.15) is 22.8 Å². The number of carbonyl (C=O) groups excluding carboxylic acids is 2. The number of methoxy groups -OCH3 is 2.